The van der Waals surface area contributed by atoms with Gasteiger partial charge in [0.15, 0.2) is 0 Å². The van der Waals surface area contributed by atoms with E-state index in [4.69, 9.17) is 23.2 Å². The molecule has 20 heavy (non-hydrogen) atoms. The third kappa shape index (κ3) is 3.32. The zero-order chi connectivity index (χ0) is 14.7. The number of amides is 2. The van der Waals surface area contributed by atoms with Gasteiger partial charge >= 0.3 is 6.09 Å². The number of carbonyl (C=O) groups excluding carboxylic acids is 2. The zero-order valence-electron chi connectivity index (χ0n) is 10.7. The van der Waals surface area contributed by atoms with Crippen molar-refractivity contribution in [1.29, 1.82) is 0 Å². The van der Waals surface area contributed by atoms with Gasteiger partial charge in [-0.1, -0.05) is 23.2 Å². The molecule has 1 N–H and O–H groups in total. The van der Waals surface area contributed by atoms with Crippen LogP contribution in [0, 0.1) is 0 Å². The molecule has 6 nitrogen and oxygen atoms in total. The summed E-state index contributed by atoms with van der Waals surface area (Å²) in [6.45, 7) is 0.974. The summed E-state index contributed by atoms with van der Waals surface area (Å²) in [4.78, 5) is 28.8. The Balaban J connectivity index is 2.00. The number of nitrogens with one attached hydrogen (secondary N) is 1. The summed E-state index contributed by atoms with van der Waals surface area (Å²) in [5.41, 5.74) is 0.373. The van der Waals surface area contributed by atoms with E-state index < -0.39 is 6.09 Å². The van der Waals surface area contributed by atoms with Crippen molar-refractivity contribution in [2.45, 2.75) is 12.5 Å². The molecule has 1 saturated heterocycles. The highest BCUT2D eigenvalue weighted by molar-refractivity contribution is 6.41. The maximum Gasteiger partial charge on any atom is 0.407 e. The van der Waals surface area contributed by atoms with Crippen LogP contribution in [-0.2, 0) is 4.74 Å². The Morgan fingerprint density at radius 2 is 2.25 bits per heavy atom. The van der Waals surface area contributed by atoms with Crippen LogP contribution in [0.2, 0.25) is 10.2 Å². The lowest BCUT2D eigenvalue weighted by molar-refractivity contribution is 0.0787. The van der Waals surface area contributed by atoms with Crippen molar-refractivity contribution in [3.8, 4) is 0 Å². The first-order valence-corrected chi connectivity index (χ1v) is 6.71. The molecule has 108 valence electrons. The van der Waals surface area contributed by atoms with Gasteiger partial charge in [0.2, 0.25) is 0 Å². The van der Waals surface area contributed by atoms with E-state index in [1.807, 2.05) is 0 Å². The van der Waals surface area contributed by atoms with Gasteiger partial charge in [0, 0.05) is 19.3 Å². The quantitative estimate of drug-likeness (QED) is 0.846. The number of aromatic nitrogens is 1. The minimum atomic E-state index is -0.500. The second-order valence-electron chi connectivity index (χ2n) is 4.37. The number of ether oxygens (including phenoxy) is 1. The first-order valence-electron chi connectivity index (χ1n) is 5.96. The summed E-state index contributed by atoms with van der Waals surface area (Å²) in [7, 11) is 1.30. The number of hydrogen-bond donors (Lipinski definition) is 1. The molecule has 2 amide bonds. The van der Waals surface area contributed by atoms with E-state index in [1.54, 1.807) is 4.90 Å². The number of alkyl carbamates (subject to hydrolysis) is 1. The number of halogens is 2. The second-order valence-corrected chi connectivity index (χ2v) is 5.13. The number of hydrogen-bond acceptors (Lipinski definition) is 4. The van der Waals surface area contributed by atoms with E-state index in [9.17, 15) is 9.59 Å². The molecule has 8 heteroatoms. The lowest BCUT2D eigenvalue weighted by Crippen LogP contribution is -2.38. The largest absolute Gasteiger partial charge is 0.453 e. The summed E-state index contributed by atoms with van der Waals surface area (Å²) >= 11 is 11.6. The molecule has 0 radical (unpaired) electrons. The van der Waals surface area contributed by atoms with Crippen molar-refractivity contribution in [2.75, 3.05) is 20.2 Å². The Hall–Kier alpha value is -1.53. The number of carbonyl (C=O) groups is 2. The van der Waals surface area contributed by atoms with Gasteiger partial charge in [-0.3, -0.25) is 4.79 Å². The number of pyridine rings is 1. The number of nitrogens with zero attached hydrogens (tertiary/aromatic N) is 2. The van der Waals surface area contributed by atoms with E-state index in [1.165, 1.54) is 19.4 Å². The molecule has 1 unspecified atom stereocenters. The summed E-state index contributed by atoms with van der Waals surface area (Å²) in [5.74, 6) is -0.190. The molecule has 2 heterocycles. The van der Waals surface area contributed by atoms with Crippen LogP contribution < -0.4 is 5.32 Å². The average molecular weight is 318 g/mol. The fourth-order valence-corrected chi connectivity index (χ4v) is 2.28. The van der Waals surface area contributed by atoms with E-state index in [0.29, 0.717) is 25.1 Å². The van der Waals surface area contributed by atoms with Gasteiger partial charge in [-0.2, -0.15) is 0 Å². The van der Waals surface area contributed by atoms with Crippen molar-refractivity contribution in [1.82, 2.24) is 15.2 Å². The van der Waals surface area contributed by atoms with E-state index in [0.717, 1.165) is 0 Å². The van der Waals surface area contributed by atoms with Crippen molar-refractivity contribution in [3.63, 3.8) is 0 Å². The molecule has 1 aromatic heterocycles. The Labute approximate surface area is 126 Å². The minimum absolute atomic E-state index is 0.109. The molecular formula is C12H13Cl2N3O3. The van der Waals surface area contributed by atoms with Crippen molar-refractivity contribution in [3.05, 3.63) is 28.0 Å². The number of rotatable bonds is 2. The van der Waals surface area contributed by atoms with Gasteiger partial charge in [-0.05, 0) is 12.5 Å². The van der Waals surface area contributed by atoms with E-state index >= 15 is 0 Å². The molecular weight excluding hydrogens is 305 g/mol. The minimum Gasteiger partial charge on any atom is -0.453 e. The van der Waals surface area contributed by atoms with Crippen LogP contribution in [0.15, 0.2) is 12.3 Å². The third-order valence-corrected chi connectivity index (χ3v) is 3.71. The molecule has 1 fully saturated rings. The maximum atomic E-state index is 12.3. The molecule has 0 bridgehead atoms. The molecule has 1 aromatic rings. The Morgan fingerprint density at radius 1 is 1.50 bits per heavy atom. The smallest absolute Gasteiger partial charge is 0.407 e. The van der Waals surface area contributed by atoms with Crippen LogP contribution in [0.5, 0.6) is 0 Å². The van der Waals surface area contributed by atoms with Crippen molar-refractivity contribution in [2.24, 2.45) is 0 Å². The Bertz CT molecular complexity index is 539. The van der Waals surface area contributed by atoms with Crippen LogP contribution >= 0.6 is 23.2 Å². The lowest BCUT2D eigenvalue weighted by atomic mass is 10.2. The molecule has 1 atom stereocenters. The van der Waals surface area contributed by atoms with Gasteiger partial charge in [0.1, 0.15) is 5.15 Å². The highest BCUT2D eigenvalue weighted by Gasteiger charge is 2.28. The standard InChI is InChI=1S/C12H13Cl2N3O3/c1-20-12(19)16-8-2-3-17(6-8)11(18)7-4-9(13)10(14)15-5-7/h4-5,8H,2-3,6H2,1H3,(H,16,19). The molecule has 0 aliphatic carbocycles. The first-order chi connectivity index (χ1) is 9.51. The first kappa shape index (κ1) is 14.9. The monoisotopic (exact) mass is 317 g/mol. The highest BCUT2D eigenvalue weighted by Crippen LogP contribution is 2.21. The van der Waals surface area contributed by atoms with Gasteiger partial charge < -0.3 is 15.0 Å². The normalized spacial score (nSPS) is 17.9. The van der Waals surface area contributed by atoms with Crippen LogP contribution in [0.3, 0.4) is 0 Å². The average Bonchev–Trinajstić information content (AvgIpc) is 2.89. The molecule has 2 rings (SSSR count). The number of methoxy groups -OCH3 is 1. The second kappa shape index (κ2) is 6.28. The zero-order valence-corrected chi connectivity index (χ0v) is 12.2. The third-order valence-electron chi connectivity index (χ3n) is 3.03. The maximum absolute atomic E-state index is 12.3. The molecule has 1 aliphatic heterocycles. The molecule has 0 spiro atoms. The Morgan fingerprint density at radius 3 is 2.90 bits per heavy atom. The summed E-state index contributed by atoms with van der Waals surface area (Å²) in [5, 5.41) is 3.07. The molecule has 0 saturated carbocycles. The van der Waals surface area contributed by atoms with Gasteiger partial charge in [-0.25, -0.2) is 9.78 Å². The lowest BCUT2D eigenvalue weighted by Gasteiger charge is -2.17. The van der Waals surface area contributed by atoms with Gasteiger partial charge in [0.05, 0.1) is 23.7 Å². The van der Waals surface area contributed by atoms with Crippen molar-refractivity contribution >= 4 is 35.2 Å². The predicted octanol–water partition coefficient (Wildman–Crippen LogP) is 1.96. The van der Waals surface area contributed by atoms with Crippen LogP contribution in [0.25, 0.3) is 0 Å². The van der Waals surface area contributed by atoms with Crippen LogP contribution in [0.1, 0.15) is 16.8 Å². The van der Waals surface area contributed by atoms with Crippen molar-refractivity contribution < 1.29 is 14.3 Å². The summed E-state index contributed by atoms with van der Waals surface area (Å²) in [6, 6.07) is 1.38. The van der Waals surface area contributed by atoms with Crippen LogP contribution in [0.4, 0.5) is 4.79 Å². The number of likely N-dealkylation sites (tertiary alicyclic amines) is 1. The molecule has 1 aliphatic rings. The summed E-state index contributed by atoms with van der Waals surface area (Å²) < 4.78 is 4.53. The topological polar surface area (TPSA) is 71.5 Å². The fourth-order valence-electron chi connectivity index (χ4n) is 2.01. The molecule has 0 aromatic carbocycles. The van der Waals surface area contributed by atoms with Gasteiger partial charge in [0.25, 0.3) is 5.91 Å². The fraction of sp³-hybridized carbons (Fsp3) is 0.417. The predicted molar refractivity (Wildman–Crippen MR) is 74.1 cm³/mol. The van der Waals surface area contributed by atoms with E-state index in [2.05, 4.69) is 15.0 Å². The SMILES string of the molecule is COC(=O)NC1CCN(C(=O)c2cnc(Cl)c(Cl)c2)C1. The highest BCUT2D eigenvalue weighted by atomic mass is 35.5. The Kier molecular flexibility index (Phi) is 4.67. The van der Waals surface area contributed by atoms with Crippen LogP contribution in [-0.4, -0.2) is 48.1 Å². The van der Waals surface area contributed by atoms with E-state index in [-0.39, 0.29) is 22.1 Å². The summed E-state index contributed by atoms with van der Waals surface area (Å²) in [6.07, 6.45) is 1.56. The van der Waals surface area contributed by atoms with Gasteiger partial charge in [-0.15, -0.1) is 0 Å².